The molecule has 1 aromatic carbocycles. The third-order valence-electron chi connectivity index (χ3n) is 2.89. The van der Waals surface area contributed by atoms with Gasteiger partial charge >= 0.3 is 12.2 Å². The van der Waals surface area contributed by atoms with Crippen molar-refractivity contribution >= 4 is 17.9 Å². The predicted octanol–water partition coefficient (Wildman–Crippen LogP) is 2.61. The van der Waals surface area contributed by atoms with Gasteiger partial charge in [-0.2, -0.15) is 0 Å². The average Bonchev–Trinajstić information content (AvgIpc) is 2.36. The molecule has 0 saturated carbocycles. The van der Waals surface area contributed by atoms with Crippen molar-refractivity contribution in [2.45, 2.75) is 20.8 Å². The molecular formula is C13H20N2O4. The second-order valence-electron chi connectivity index (χ2n) is 4.05. The molecule has 1 rings (SSSR count). The molecule has 0 saturated heterocycles. The van der Waals surface area contributed by atoms with Crippen LogP contribution in [-0.4, -0.2) is 36.5 Å². The third kappa shape index (κ3) is 4.87. The average molecular weight is 268 g/mol. The van der Waals surface area contributed by atoms with Crippen molar-refractivity contribution in [3.63, 3.8) is 0 Å². The van der Waals surface area contributed by atoms with Crippen LogP contribution in [0.15, 0.2) is 12.1 Å². The van der Waals surface area contributed by atoms with E-state index in [1.165, 1.54) is 17.5 Å². The summed E-state index contributed by atoms with van der Waals surface area (Å²) in [5, 5.41) is 18.4. The zero-order valence-electron chi connectivity index (χ0n) is 11.8. The summed E-state index contributed by atoms with van der Waals surface area (Å²) in [5.74, 6) is 0. The number of rotatable bonds is 1. The Balaban J connectivity index is 0.000000555. The summed E-state index contributed by atoms with van der Waals surface area (Å²) < 4.78 is 0. The highest BCUT2D eigenvalue weighted by molar-refractivity contribution is 5.86. The van der Waals surface area contributed by atoms with Crippen LogP contribution >= 0.6 is 0 Å². The standard InChI is InChI=1S/C11H15NO2.C2H5NO2/c1-7-5-6-10(9(3)8(7)2)12(4)11(13)14;1-3-2(4)5/h5-6H,1-4H3,(H,13,14);3H,1H3,(H,4,5). The quantitative estimate of drug-likeness (QED) is 0.730. The molecule has 19 heavy (non-hydrogen) atoms. The Kier molecular flexibility index (Phi) is 6.40. The van der Waals surface area contributed by atoms with Crippen molar-refractivity contribution in [1.82, 2.24) is 5.32 Å². The van der Waals surface area contributed by atoms with Crippen LogP contribution < -0.4 is 10.2 Å². The number of aryl methyl sites for hydroxylation is 1. The number of hydrogen-bond acceptors (Lipinski definition) is 2. The Labute approximate surface area is 112 Å². The summed E-state index contributed by atoms with van der Waals surface area (Å²) >= 11 is 0. The van der Waals surface area contributed by atoms with Gasteiger partial charge < -0.3 is 15.5 Å². The largest absolute Gasteiger partial charge is 0.465 e. The van der Waals surface area contributed by atoms with E-state index in [4.69, 9.17) is 10.2 Å². The molecule has 0 aliphatic heterocycles. The summed E-state index contributed by atoms with van der Waals surface area (Å²) in [6, 6.07) is 3.78. The van der Waals surface area contributed by atoms with Crippen LogP contribution in [0.2, 0.25) is 0 Å². The molecule has 0 aliphatic rings. The van der Waals surface area contributed by atoms with Gasteiger partial charge in [0.05, 0.1) is 0 Å². The number of hydrogen-bond donors (Lipinski definition) is 3. The molecule has 0 atom stereocenters. The molecule has 106 valence electrons. The highest BCUT2D eigenvalue weighted by Crippen LogP contribution is 2.24. The minimum absolute atomic E-state index is 0.751. The third-order valence-corrected chi connectivity index (χ3v) is 2.89. The lowest BCUT2D eigenvalue weighted by atomic mass is 10.0. The summed E-state index contributed by atoms with van der Waals surface area (Å²) in [7, 11) is 2.90. The highest BCUT2D eigenvalue weighted by atomic mass is 16.4. The zero-order valence-corrected chi connectivity index (χ0v) is 11.8. The van der Waals surface area contributed by atoms with E-state index in [-0.39, 0.29) is 0 Å². The molecule has 0 fully saturated rings. The van der Waals surface area contributed by atoms with Gasteiger partial charge in [0.1, 0.15) is 0 Å². The SMILES string of the molecule is CNC(=O)O.Cc1ccc(N(C)C(=O)O)c(C)c1C. The molecule has 1 aromatic rings. The monoisotopic (exact) mass is 268 g/mol. The van der Waals surface area contributed by atoms with Crippen LogP contribution in [0.1, 0.15) is 16.7 Å². The normalized spacial score (nSPS) is 9.11. The van der Waals surface area contributed by atoms with Crippen molar-refractivity contribution < 1.29 is 19.8 Å². The summed E-state index contributed by atoms with van der Waals surface area (Å²) in [5.41, 5.74) is 4.11. The topological polar surface area (TPSA) is 89.9 Å². The number of carboxylic acid groups (broad SMARTS) is 2. The molecule has 6 heteroatoms. The van der Waals surface area contributed by atoms with Crippen molar-refractivity contribution in [3.05, 3.63) is 28.8 Å². The van der Waals surface area contributed by atoms with E-state index >= 15 is 0 Å². The van der Waals surface area contributed by atoms with Crippen LogP contribution in [0.3, 0.4) is 0 Å². The van der Waals surface area contributed by atoms with Crippen molar-refractivity contribution in [3.8, 4) is 0 Å². The Morgan fingerprint density at radius 2 is 1.58 bits per heavy atom. The van der Waals surface area contributed by atoms with Crippen molar-refractivity contribution in [2.24, 2.45) is 0 Å². The van der Waals surface area contributed by atoms with Gasteiger partial charge in [-0.1, -0.05) is 6.07 Å². The van der Waals surface area contributed by atoms with Gasteiger partial charge in [0, 0.05) is 19.8 Å². The Morgan fingerprint density at radius 3 is 1.95 bits per heavy atom. The van der Waals surface area contributed by atoms with Gasteiger partial charge in [-0.25, -0.2) is 9.59 Å². The van der Waals surface area contributed by atoms with Crippen molar-refractivity contribution in [1.29, 1.82) is 0 Å². The van der Waals surface area contributed by atoms with Gasteiger partial charge in [0.25, 0.3) is 0 Å². The summed E-state index contributed by atoms with van der Waals surface area (Å²) in [6.07, 6.45) is -1.93. The molecule has 0 radical (unpaired) electrons. The van der Waals surface area contributed by atoms with Gasteiger partial charge in [0.2, 0.25) is 0 Å². The molecule has 0 spiro atoms. The van der Waals surface area contributed by atoms with E-state index in [1.807, 2.05) is 38.2 Å². The number of nitrogens with one attached hydrogen (secondary N) is 1. The van der Waals surface area contributed by atoms with E-state index in [2.05, 4.69) is 0 Å². The minimum Gasteiger partial charge on any atom is -0.465 e. The molecule has 2 amide bonds. The number of amides is 2. The number of carbonyl (C=O) groups is 2. The van der Waals surface area contributed by atoms with Crippen LogP contribution in [0.4, 0.5) is 15.3 Å². The zero-order chi connectivity index (χ0) is 15.2. The maximum absolute atomic E-state index is 10.8. The minimum atomic E-state index is -0.995. The molecular weight excluding hydrogens is 248 g/mol. The van der Waals surface area contributed by atoms with E-state index in [9.17, 15) is 9.59 Å². The van der Waals surface area contributed by atoms with Crippen molar-refractivity contribution in [2.75, 3.05) is 19.0 Å². The summed E-state index contributed by atoms with van der Waals surface area (Å²) in [4.78, 5) is 21.3. The van der Waals surface area contributed by atoms with Crippen LogP contribution in [0.5, 0.6) is 0 Å². The van der Waals surface area contributed by atoms with Crippen LogP contribution in [-0.2, 0) is 0 Å². The number of benzene rings is 1. The summed E-state index contributed by atoms with van der Waals surface area (Å²) in [6.45, 7) is 5.97. The first-order valence-electron chi connectivity index (χ1n) is 5.66. The molecule has 0 heterocycles. The van der Waals surface area contributed by atoms with E-state index < -0.39 is 12.2 Å². The fraction of sp³-hybridized carbons (Fsp3) is 0.385. The first-order chi connectivity index (χ1) is 8.72. The Hall–Kier alpha value is -2.24. The molecule has 0 bridgehead atoms. The van der Waals surface area contributed by atoms with Crippen LogP contribution in [0.25, 0.3) is 0 Å². The highest BCUT2D eigenvalue weighted by Gasteiger charge is 2.12. The fourth-order valence-corrected chi connectivity index (χ4v) is 1.41. The number of nitrogens with zero attached hydrogens (tertiary/aromatic N) is 1. The first-order valence-corrected chi connectivity index (χ1v) is 5.66. The predicted molar refractivity (Wildman–Crippen MR) is 74.2 cm³/mol. The molecule has 6 nitrogen and oxygen atoms in total. The molecule has 0 aliphatic carbocycles. The van der Waals surface area contributed by atoms with Gasteiger partial charge in [-0.3, -0.25) is 4.90 Å². The maximum Gasteiger partial charge on any atom is 0.411 e. The maximum atomic E-state index is 10.8. The Bertz CT molecular complexity index is 472. The molecule has 0 unspecified atom stereocenters. The fourth-order valence-electron chi connectivity index (χ4n) is 1.41. The lowest BCUT2D eigenvalue weighted by molar-refractivity contribution is 0.197. The second-order valence-corrected chi connectivity index (χ2v) is 4.05. The van der Waals surface area contributed by atoms with Gasteiger partial charge in [0.15, 0.2) is 0 Å². The molecule has 0 aromatic heterocycles. The smallest absolute Gasteiger partial charge is 0.411 e. The number of anilines is 1. The lowest BCUT2D eigenvalue weighted by Crippen LogP contribution is -2.24. The van der Waals surface area contributed by atoms with Crippen LogP contribution in [0, 0.1) is 20.8 Å². The Morgan fingerprint density at radius 1 is 1.11 bits per heavy atom. The van der Waals surface area contributed by atoms with Gasteiger partial charge in [-0.15, -0.1) is 0 Å². The van der Waals surface area contributed by atoms with E-state index in [0.29, 0.717) is 0 Å². The lowest BCUT2D eigenvalue weighted by Gasteiger charge is -2.18. The molecule has 3 N–H and O–H groups in total. The first kappa shape index (κ1) is 16.8. The van der Waals surface area contributed by atoms with Gasteiger partial charge in [-0.05, 0) is 43.5 Å². The van der Waals surface area contributed by atoms with E-state index in [1.54, 1.807) is 7.05 Å². The van der Waals surface area contributed by atoms with E-state index in [0.717, 1.165) is 16.8 Å². The second kappa shape index (κ2) is 7.25.